The number of sulfonamides is 2. The van der Waals surface area contributed by atoms with Crippen LogP contribution in [0.3, 0.4) is 0 Å². The summed E-state index contributed by atoms with van der Waals surface area (Å²) in [5, 5.41) is 10.4. The molecule has 2 aromatic heterocycles. The van der Waals surface area contributed by atoms with E-state index in [0.717, 1.165) is 11.8 Å². The van der Waals surface area contributed by atoms with Gasteiger partial charge in [-0.1, -0.05) is 72.8 Å². The quantitative estimate of drug-likeness (QED) is 0.0467. The zero-order chi connectivity index (χ0) is 47.5. The monoisotopic (exact) mass is 934 g/mol. The van der Waals surface area contributed by atoms with Gasteiger partial charge in [-0.3, -0.25) is 9.97 Å². The summed E-state index contributed by atoms with van der Waals surface area (Å²) in [5.41, 5.74) is 2.12. The Hall–Kier alpha value is -6.63. The molecule has 1 N–H and O–H groups in total. The molecule has 6 aromatic rings. The molecule has 4 aromatic carbocycles. The van der Waals surface area contributed by atoms with Crippen molar-refractivity contribution in [3.8, 4) is 11.5 Å². The van der Waals surface area contributed by atoms with Crippen molar-refractivity contribution in [2.24, 2.45) is 0 Å². The second kappa shape index (κ2) is 21.1. The minimum Gasteiger partial charge on any atom is -0.482 e. The number of pyridine rings is 2. The smallest absolute Gasteiger partial charge is 0.351 e. The number of esters is 2. The van der Waals surface area contributed by atoms with Gasteiger partial charge in [0.15, 0.2) is 13.2 Å². The van der Waals surface area contributed by atoms with Gasteiger partial charge in [-0.2, -0.15) is 8.61 Å². The zero-order valence-corrected chi connectivity index (χ0v) is 38.4. The molecule has 0 radical (unpaired) electrons. The number of hydrogen-bond donors (Lipinski definition) is 1. The minimum absolute atomic E-state index is 0.000489. The van der Waals surface area contributed by atoms with Crippen LogP contribution in [-0.4, -0.2) is 72.0 Å². The van der Waals surface area contributed by atoms with Crippen LogP contribution in [-0.2, 0) is 76.4 Å². The fourth-order valence-corrected chi connectivity index (χ4v) is 9.39. The summed E-state index contributed by atoms with van der Waals surface area (Å²) >= 11 is 0. The second-order valence-electron chi connectivity index (χ2n) is 16.4. The Bertz CT molecular complexity index is 2840. The number of aromatic nitrogens is 2. The third-order valence-electron chi connectivity index (χ3n) is 10.4. The summed E-state index contributed by atoms with van der Waals surface area (Å²) in [6, 6.07) is 33.1. The number of hydrogen-bond acceptors (Lipinski definition) is 13. The molecule has 0 aliphatic heterocycles. The van der Waals surface area contributed by atoms with Crippen LogP contribution in [0.25, 0.3) is 0 Å². The highest BCUT2D eigenvalue weighted by atomic mass is 32.2. The lowest BCUT2D eigenvalue weighted by Crippen LogP contribution is -2.30. The summed E-state index contributed by atoms with van der Waals surface area (Å²) in [4.78, 5) is 44.9. The van der Waals surface area contributed by atoms with Gasteiger partial charge in [0.25, 0.3) is 0 Å². The first-order valence-electron chi connectivity index (χ1n) is 20.7. The maximum Gasteiger partial charge on any atom is 0.351 e. The van der Waals surface area contributed by atoms with E-state index < -0.39 is 56.2 Å². The number of aliphatic hydroxyl groups is 1. The molecule has 0 fully saturated rings. The fraction of sp³-hybridized carbons (Fsp3) is 0.245. The highest BCUT2D eigenvalue weighted by Crippen LogP contribution is 2.27. The highest BCUT2D eigenvalue weighted by Gasteiger charge is 2.28. The van der Waals surface area contributed by atoms with Gasteiger partial charge in [0.05, 0.1) is 5.60 Å². The van der Waals surface area contributed by atoms with Crippen molar-refractivity contribution < 1.29 is 50.5 Å². The van der Waals surface area contributed by atoms with Gasteiger partial charge in [-0.25, -0.2) is 26.4 Å². The van der Waals surface area contributed by atoms with Crippen LogP contribution in [0.5, 0.6) is 11.5 Å². The molecule has 344 valence electrons. The maximum absolute atomic E-state index is 13.9. The molecule has 0 atom stereocenters. The molecule has 15 nitrogen and oxygen atoms in total. The topological polar surface area (TPSA) is 200 Å². The molecule has 0 unspecified atom stereocenters. The first kappa shape index (κ1) is 48.8. The van der Waals surface area contributed by atoms with E-state index in [9.17, 15) is 36.3 Å². The normalized spacial score (nSPS) is 12.2. The molecule has 0 aliphatic rings. The molecule has 0 saturated carbocycles. The van der Waals surface area contributed by atoms with E-state index >= 15 is 0 Å². The molecule has 0 spiro atoms. The number of aldehydes is 1. The van der Waals surface area contributed by atoms with E-state index in [1.807, 2.05) is 0 Å². The molecule has 0 bridgehead atoms. The standard InChI is InChI=1S/C49H50N4O11S2/c1-48(2,35-54)40-19-15-36(16-20-40)29-52(65(58,59)44-13-7-23-50-27-44)31-38-9-5-11-42(25-38)62-33-46(55)64-47(56)34-63-43-12-6-10-39(26-43)32-53(66(60,61)45-14-8-24-51-28-45)30-37-17-21-41(22-18-37)49(3,4)57/h5-28,35,57H,29-34H2,1-4H3. The average Bonchev–Trinajstić information content (AvgIpc) is 3.30. The lowest BCUT2D eigenvalue weighted by molar-refractivity contribution is -0.162. The summed E-state index contributed by atoms with van der Waals surface area (Å²) in [7, 11) is -8.08. The summed E-state index contributed by atoms with van der Waals surface area (Å²) in [6.07, 6.45) is 6.35. The first-order chi connectivity index (χ1) is 31.3. The number of nitrogens with zero attached hydrogens (tertiary/aromatic N) is 4. The molecule has 6 rings (SSSR count). The van der Waals surface area contributed by atoms with Crippen molar-refractivity contribution in [1.82, 2.24) is 18.6 Å². The number of rotatable bonds is 21. The Kier molecular flexibility index (Phi) is 15.6. The van der Waals surface area contributed by atoms with Crippen molar-refractivity contribution in [3.05, 3.63) is 179 Å². The maximum atomic E-state index is 13.9. The zero-order valence-electron chi connectivity index (χ0n) is 36.8. The Morgan fingerprint density at radius 3 is 1.36 bits per heavy atom. The number of carbonyl (C=O) groups excluding carboxylic acids is 3. The second-order valence-corrected chi connectivity index (χ2v) is 20.3. The first-order valence-corrected chi connectivity index (χ1v) is 23.6. The number of benzene rings is 4. The van der Waals surface area contributed by atoms with E-state index in [1.165, 1.54) is 57.7 Å². The summed E-state index contributed by atoms with van der Waals surface area (Å²) < 4.78 is 74.2. The Labute approximate surface area is 384 Å². The number of carbonyl (C=O) groups is 3. The van der Waals surface area contributed by atoms with Gasteiger partial charge in [-0.15, -0.1) is 0 Å². The van der Waals surface area contributed by atoms with Gasteiger partial charge in [0, 0.05) is 56.4 Å². The van der Waals surface area contributed by atoms with Crippen LogP contribution in [0.1, 0.15) is 61.1 Å². The predicted molar refractivity (Wildman–Crippen MR) is 244 cm³/mol. The molecule has 66 heavy (non-hydrogen) atoms. The Balaban J connectivity index is 1.06. The van der Waals surface area contributed by atoms with Crippen LogP contribution in [0.15, 0.2) is 156 Å². The van der Waals surface area contributed by atoms with Crippen LogP contribution < -0.4 is 9.47 Å². The molecule has 0 aliphatic carbocycles. The third kappa shape index (κ3) is 13.0. The van der Waals surface area contributed by atoms with Gasteiger partial charge in [0.2, 0.25) is 20.0 Å². The minimum atomic E-state index is -4.04. The van der Waals surface area contributed by atoms with E-state index in [4.69, 9.17) is 14.2 Å². The van der Waals surface area contributed by atoms with Gasteiger partial charge in [-0.05, 0) is 110 Å². The molecular weight excluding hydrogens is 885 g/mol. The SMILES string of the molecule is CC(C)(O)c1ccc(CN(Cc2cccc(OCC(=O)OC(=O)COc3cccc(CN(Cc4ccc(C(C)(C)C=O)cc4)S(=O)(=O)c4cccnc4)c3)c2)S(=O)(=O)c2cccnc2)cc1. The van der Waals surface area contributed by atoms with Gasteiger partial charge in [0.1, 0.15) is 27.6 Å². The summed E-state index contributed by atoms with van der Waals surface area (Å²) in [5.74, 6) is -1.57. The lowest BCUT2D eigenvalue weighted by atomic mass is 9.86. The lowest BCUT2D eigenvalue weighted by Gasteiger charge is -2.23. The molecule has 2 heterocycles. The van der Waals surface area contributed by atoms with E-state index in [2.05, 4.69) is 9.97 Å². The number of ether oxygens (including phenoxy) is 3. The van der Waals surface area contributed by atoms with Crippen LogP contribution >= 0.6 is 0 Å². The van der Waals surface area contributed by atoms with Crippen molar-refractivity contribution in [2.75, 3.05) is 13.2 Å². The summed E-state index contributed by atoms with van der Waals surface area (Å²) in [6.45, 7) is 5.47. The third-order valence-corrected chi connectivity index (χ3v) is 13.9. The predicted octanol–water partition coefficient (Wildman–Crippen LogP) is 6.49. The van der Waals surface area contributed by atoms with Crippen molar-refractivity contribution in [3.63, 3.8) is 0 Å². The van der Waals surface area contributed by atoms with E-state index in [1.54, 1.807) is 125 Å². The Morgan fingerprint density at radius 2 is 0.985 bits per heavy atom. The molecule has 0 saturated heterocycles. The molecule has 17 heteroatoms. The van der Waals surface area contributed by atoms with Crippen molar-refractivity contribution in [2.45, 2.75) is 74.7 Å². The highest BCUT2D eigenvalue weighted by molar-refractivity contribution is 7.89. The van der Waals surface area contributed by atoms with E-state index in [0.29, 0.717) is 27.8 Å². The Morgan fingerprint density at radius 1 is 0.576 bits per heavy atom. The van der Waals surface area contributed by atoms with Crippen LogP contribution in [0, 0.1) is 0 Å². The van der Waals surface area contributed by atoms with Crippen molar-refractivity contribution in [1.29, 1.82) is 0 Å². The van der Waals surface area contributed by atoms with E-state index in [-0.39, 0.29) is 47.5 Å². The fourth-order valence-electron chi connectivity index (χ4n) is 6.63. The van der Waals surface area contributed by atoms with Crippen molar-refractivity contribution >= 4 is 38.3 Å². The average molecular weight is 935 g/mol. The molecular formula is C49H50N4O11S2. The van der Waals surface area contributed by atoms with Crippen LogP contribution in [0.2, 0.25) is 0 Å². The van der Waals surface area contributed by atoms with Gasteiger partial charge >= 0.3 is 11.9 Å². The van der Waals surface area contributed by atoms with Gasteiger partial charge < -0.3 is 24.1 Å². The largest absolute Gasteiger partial charge is 0.482 e. The molecule has 0 amide bonds. The van der Waals surface area contributed by atoms with Crippen LogP contribution in [0.4, 0.5) is 0 Å².